The van der Waals surface area contributed by atoms with Crippen LogP contribution < -0.4 is 0 Å². The molecule has 0 aliphatic heterocycles. The molecular formula is C10H8FO2. The molecule has 0 aliphatic carbocycles. The maximum Gasteiger partial charge on any atom is 0.417 e. The number of ether oxygens (including phenoxy) is 1. The van der Waals surface area contributed by atoms with E-state index in [-0.39, 0.29) is 12.4 Å². The summed E-state index contributed by atoms with van der Waals surface area (Å²) in [4.78, 5) is 9.63. The first-order chi connectivity index (χ1) is 6.33. The molecule has 0 bridgehead atoms. The van der Waals surface area contributed by atoms with Gasteiger partial charge in [0.25, 0.3) is 0 Å². The Balaban J connectivity index is 2.49. The number of hydrogen-bond acceptors (Lipinski definition) is 2. The highest BCUT2D eigenvalue weighted by molar-refractivity contribution is 5.49. The zero-order chi connectivity index (χ0) is 9.52. The topological polar surface area (TPSA) is 26.3 Å². The summed E-state index contributed by atoms with van der Waals surface area (Å²) in [6.45, 7) is 1.48. The van der Waals surface area contributed by atoms with Crippen LogP contribution in [0.4, 0.5) is 4.39 Å². The third kappa shape index (κ3) is 3.51. The summed E-state index contributed by atoms with van der Waals surface area (Å²) in [6, 6.07) is 6.01. The molecule has 0 saturated carbocycles. The van der Waals surface area contributed by atoms with Gasteiger partial charge in [-0.25, -0.2) is 9.18 Å². The maximum atomic E-state index is 12.4. The van der Waals surface area contributed by atoms with Crippen molar-refractivity contribution in [2.24, 2.45) is 0 Å². The van der Waals surface area contributed by atoms with Crippen LogP contribution in [0.15, 0.2) is 30.3 Å². The van der Waals surface area contributed by atoms with Crippen LogP contribution >= 0.6 is 0 Å². The van der Waals surface area contributed by atoms with Crippen molar-refractivity contribution in [2.45, 2.75) is 0 Å². The number of carbonyl (C=O) groups excluding carboxylic acids is 1. The van der Waals surface area contributed by atoms with E-state index in [9.17, 15) is 9.18 Å². The normalized spacial score (nSPS) is 10.2. The van der Waals surface area contributed by atoms with Gasteiger partial charge >= 0.3 is 6.47 Å². The van der Waals surface area contributed by atoms with E-state index in [4.69, 9.17) is 0 Å². The third-order valence-electron chi connectivity index (χ3n) is 1.42. The molecular weight excluding hydrogens is 171 g/mol. The van der Waals surface area contributed by atoms with Gasteiger partial charge in [0.15, 0.2) is 0 Å². The molecule has 67 valence electrons. The van der Waals surface area contributed by atoms with Crippen molar-refractivity contribution in [1.29, 1.82) is 0 Å². The summed E-state index contributed by atoms with van der Waals surface area (Å²) in [5.41, 5.74) is 0.857. The predicted molar refractivity (Wildman–Crippen MR) is 47.1 cm³/mol. The molecule has 1 radical (unpaired) electrons. The molecule has 0 unspecified atom stereocenters. The van der Waals surface area contributed by atoms with Gasteiger partial charge in [0, 0.05) is 0 Å². The van der Waals surface area contributed by atoms with Crippen LogP contribution in [-0.4, -0.2) is 13.1 Å². The highest BCUT2D eigenvalue weighted by Crippen LogP contribution is 2.04. The summed E-state index contributed by atoms with van der Waals surface area (Å²) >= 11 is 0. The highest BCUT2D eigenvalue weighted by atomic mass is 19.1. The second-order valence-electron chi connectivity index (χ2n) is 2.35. The first kappa shape index (κ1) is 9.45. The lowest BCUT2D eigenvalue weighted by molar-refractivity contribution is 0.314. The van der Waals surface area contributed by atoms with Crippen LogP contribution in [0.2, 0.25) is 0 Å². The number of rotatable bonds is 4. The van der Waals surface area contributed by atoms with E-state index < -0.39 is 0 Å². The smallest absolute Gasteiger partial charge is 0.417 e. The van der Waals surface area contributed by atoms with Crippen LogP contribution in [-0.2, 0) is 9.53 Å². The van der Waals surface area contributed by atoms with Gasteiger partial charge in [0.2, 0.25) is 0 Å². The maximum absolute atomic E-state index is 12.4. The van der Waals surface area contributed by atoms with Crippen LogP contribution in [0.25, 0.3) is 6.08 Å². The number of hydrogen-bond donors (Lipinski definition) is 0. The molecule has 3 heteroatoms. The van der Waals surface area contributed by atoms with Crippen LogP contribution in [0.5, 0.6) is 0 Å². The van der Waals surface area contributed by atoms with E-state index in [2.05, 4.69) is 4.74 Å². The van der Waals surface area contributed by atoms with Crippen molar-refractivity contribution in [3.63, 3.8) is 0 Å². The van der Waals surface area contributed by atoms with E-state index in [0.29, 0.717) is 0 Å². The SMILES string of the molecule is O=[C]OC/C=C/c1ccc(F)cc1. The lowest BCUT2D eigenvalue weighted by atomic mass is 10.2. The van der Waals surface area contributed by atoms with E-state index in [1.165, 1.54) is 18.6 Å². The molecule has 0 heterocycles. The van der Waals surface area contributed by atoms with Gasteiger partial charge in [-0.05, 0) is 23.8 Å². The van der Waals surface area contributed by atoms with Crippen LogP contribution in [0.3, 0.4) is 0 Å². The van der Waals surface area contributed by atoms with E-state index >= 15 is 0 Å². The first-order valence-corrected chi connectivity index (χ1v) is 3.74. The third-order valence-corrected chi connectivity index (χ3v) is 1.42. The molecule has 0 atom stereocenters. The average Bonchev–Trinajstić information content (AvgIpc) is 2.15. The molecule has 13 heavy (non-hydrogen) atoms. The van der Waals surface area contributed by atoms with E-state index in [1.54, 1.807) is 24.3 Å². The van der Waals surface area contributed by atoms with Crippen molar-refractivity contribution >= 4 is 12.5 Å². The zero-order valence-electron chi connectivity index (χ0n) is 6.87. The van der Waals surface area contributed by atoms with E-state index in [0.717, 1.165) is 5.56 Å². The molecule has 0 amide bonds. The molecule has 0 aromatic heterocycles. The standard InChI is InChI=1S/C10H8FO2/c11-10-5-3-9(4-6-10)2-1-7-13-8-12/h1-6H,7H2/b2-1+. The minimum atomic E-state index is -0.269. The molecule has 0 fully saturated rings. The second-order valence-corrected chi connectivity index (χ2v) is 2.35. The van der Waals surface area contributed by atoms with Gasteiger partial charge in [-0.15, -0.1) is 0 Å². The van der Waals surface area contributed by atoms with Gasteiger partial charge in [0.1, 0.15) is 12.4 Å². The predicted octanol–water partition coefficient (Wildman–Crippen LogP) is 1.92. The van der Waals surface area contributed by atoms with Gasteiger partial charge in [-0.2, -0.15) is 0 Å². The highest BCUT2D eigenvalue weighted by Gasteiger charge is 1.87. The van der Waals surface area contributed by atoms with Crippen LogP contribution in [0, 0.1) is 5.82 Å². The van der Waals surface area contributed by atoms with Gasteiger partial charge in [0.05, 0.1) is 0 Å². The van der Waals surface area contributed by atoms with Gasteiger partial charge < -0.3 is 4.74 Å². The second kappa shape index (κ2) is 5.09. The van der Waals surface area contributed by atoms with Crippen molar-refractivity contribution in [2.75, 3.05) is 6.61 Å². The Labute approximate surface area is 75.6 Å². The van der Waals surface area contributed by atoms with Gasteiger partial charge in [-0.1, -0.05) is 18.2 Å². The molecule has 1 aromatic carbocycles. The molecule has 2 nitrogen and oxygen atoms in total. The summed E-state index contributed by atoms with van der Waals surface area (Å²) in [5.74, 6) is -0.269. The fourth-order valence-corrected chi connectivity index (χ4v) is 0.840. The van der Waals surface area contributed by atoms with Crippen molar-refractivity contribution in [1.82, 2.24) is 0 Å². The Bertz CT molecular complexity index is 290. The van der Waals surface area contributed by atoms with Crippen molar-refractivity contribution in [3.05, 3.63) is 41.7 Å². The fourth-order valence-electron chi connectivity index (χ4n) is 0.840. The zero-order valence-corrected chi connectivity index (χ0v) is 6.87. The Hall–Kier alpha value is -1.64. The molecule has 0 N–H and O–H groups in total. The lowest BCUT2D eigenvalue weighted by Crippen LogP contribution is -1.85. The Morgan fingerprint density at radius 2 is 2.08 bits per heavy atom. The molecule has 0 spiro atoms. The van der Waals surface area contributed by atoms with E-state index in [1.807, 2.05) is 0 Å². The lowest BCUT2D eigenvalue weighted by Gasteiger charge is -1.92. The van der Waals surface area contributed by atoms with Gasteiger partial charge in [-0.3, -0.25) is 0 Å². The molecule has 0 aliphatic rings. The minimum absolute atomic E-state index is 0.181. The van der Waals surface area contributed by atoms with Crippen LogP contribution in [0.1, 0.15) is 5.56 Å². The quantitative estimate of drug-likeness (QED) is 0.660. The summed E-state index contributed by atoms with van der Waals surface area (Å²) in [6.07, 6.45) is 3.38. The summed E-state index contributed by atoms with van der Waals surface area (Å²) in [5, 5.41) is 0. The Morgan fingerprint density at radius 1 is 1.38 bits per heavy atom. The average molecular weight is 179 g/mol. The molecule has 0 saturated heterocycles. The van der Waals surface area contributed by atoms with Crippen molar-refractivity contribution < 1.29 is 13.9 Å². The summed E-state index contributed by atoms with van der Waals surface area (Å²) in [7, 11) is 0. The summed E-state index contributed by atoms with van der Waals surface area (Å²) < 4.78 is 16.7. The fraction of sp³-hybridized carbons (Fsp3) is 0.100. The molecule has 1 rings (SSSR count). The van der Waals surface area contributed by atoms with Crippen molar-refractivity contribution in [3.8, 4) is 0 Å². The first-order valence-electron chi connectivity index (χ1n) is 3.74. The largest absolute Gasteiger partial charge is 0.453 e. The number of halogens is 1. The molecule has 1 aromatic rings. The minimum Gasteiger partial charge on any atom is -0.453 e. The number of benzene rings is 1. The Kier molecular flexibility index (Phi) is 3.70. The Morgan fingerprint density at radius 3 is 2.69 bits per heavy atom. The monoisotopic (exact) mass is 179 g/mol.